The highest BCUT2D eigenvalue weighted by molar-refractivity contribution is 4.86. The van der Waals surface area contributed by atoms with Crippen LogP contribution in [-0.4, -0.2) is 12.6 Å². The summed E-state index contributed by atoms with van der Waals surface area (Å²) in [5.41, 5.74) is 0. The van der Waals surface area contributed by atoms with E-state index in [-0.39, 0.29) is 0 Å². The van der Waals surface area contributed by atoms with E-state index in [2.05, 4.69) is 26.1 Å². The van der Waals surface area contributed by atoms with Gasteiger partial charge in [-0.15, -0.1) is 0 Å². The number of hydrogen-bond acceptors (Lipinski definition) is 1. The van der Waals surface area contributed by atoms with Gasteiger partial charge in [-0.05, 0) is 44.1 Å². The van der Waals surface area contributed by atoms with Crippen molar-refractivity contribution in [3.63, 3.8) is 0 Å². The van der Waals surface area contributed by atoms with Crippen molar-refractivity contribution in [2.24, 2.45) is 11.8 Å². The van der Waals surface area contributed by atoms with Crippen molar-refractivity contribution in [3.8, 4) is 0 Å². The van der Waals surface area contributed by atoms with Crippen LogP contribution in [-0.2, 0) is 0 Å². The van der Waals surface area contributed by atoms with Crippen LogP contribution < -0.4 is 5.32 Å². The molecule has 1 saturated carbocycles. The van der Waals surface area contributed by atoms with E-state index in [4.69, 9.17) is 0 Å². The van der Waals surface area contributed by atoms with Gasteiger partial charge in [0.25, 0.3) is 0 Å². The van der Waals surface area contributed by atoms with Gasteiger partial charge in [-0.1, -0.05) is 65.7 Å². The zero-order valence-electron chi connectivity index (χ0n) is 13.7. The molecule has 1 aliphatic rings. The van der Waals surface area contributed by atoms with Gasteiger partial charge in [0, 0.05) is 6.04 Å². The Morgan fingerprint density at radius 1 is 0.895 bits per heavy atom. The molecule has 19 heavy (non-hydrogen) atoms. The average Bonchev–Trinajstić information content (AvgIpc) is 3.25. The van der Waals surface area contributed by atoms with Crippen molar-refractivity contribution < 1.29 is 0 Å². The summed E-state index contributed by atoms with van der Waals surface area (Å²) in [5, 5.41) is 3.80. The molecule has 2 atom stereocenters. The summed E-state index contributed by atoms with van der Waals surface area (Å²) in [6, 6.07) is 0.795. The van der Waals surface area contributed by atoms with Gasteiger partial charge in [0.15, 0.2) is 0 Å². The Hall–Kier alpha value is -0.0400. The Bertz CT molecular complexity index is 198. The maximum Gasteiger partial charge on any atom is 0.00953 e. The van der Waals surface area contributed by atoms with Crippen molar-refractivity contribution in [1.29, 1.82) is 0 Å². The first-order chi connectivity index (χ1) is 9.29. The molecule has 1 N–H and O–H groups in total. The molecule has 0 amide bonds. The number of nitrogens with one attached hydrogen (secondary N) is 1. The monoisotopic (exact) mass is 267 g/mol. The number of rotatable bonds is 13. The lowest BCUT2D eigenvalue weighted by atomic mass is 9.91. The molecule has 0 saturated heterocycles. The van der Waals surface area contributed by atoms with Crippen molar-refractivity contribution in [1.82, 2.24) is 5.32 Å². The first-order valence-electron chi connectivity index (χ1n) is 9.03. The lowest BCUT2D eigenvalue weighted by Crippen LogP contribution is -2.36. The topological polar surface area (TPSA) is 12.0 Å². The molecule has 1 fully saturated rings. The molecule has 0 heterocycles. The third kappa shape index (κ3) is 7.97. The first-order valence-corrected chi connectivity index (χ1v) is 9.03. The summed E-state index contributed by atoms with van der Waals surface area (Å²) in [5.74, 6) is 1.95. The predicted molar refractivity (Wildman–Crippen MR) is 86.6 cm³/mol. The fraction of sp³-hybridized carbons (Fsp3) is 1.00. The molecule has 1 nitrogen and oxygen atoms in total. The van der Waals surface area contributed by atoms with Crippen LogP contribution in [0.5, 0.6) is 0 Å². The van der Waals surface area contributed by atoms with Crippen LogP contribution in [0.25, 0.3) is 0 Å². The summed E-state index contributed by atoms with van der Waals surface area (Å²) in [7, 11) is 0. The van der Waals surface area contributed by atoms with E-state index >= 15 is 0 Å². The van der Waals surface area contributed by atoms with Gasteiger partial charge in [0.1, 0.15) is 0 Å². The highest BCUT2D eigenvalue weighted by Gasteiger charge is 2.32. The largest absolute Gasteiger partial charge is 0.314 e. The summed E-state index contributed by atoms with van der Waals surface area (Å²) >= 11 is 0. The van der Waals surface area contributed by atoms with Crippen LogP contribution in [0.15, 0.2) is 0 Å². The second-order valence-electron chi connectivity index (χ2n) is 6.67. The van der Waals surface area contributed by atoms with E-state index < -0.39 is 0 Å². The quantitative estimate of drug-likeness (QED) is 0.432. The standard InChI is InChI=1S/C18H37N/c1-4-6-7-8-9-10-11-12-18(19-15-5-2)16(3)17-13-14-17/h16-19H,4-15H2,1-3H3. The zero-order chi connectivity index (χ0) is 13.9. The molecule has 0 aromatic heterocycles. The summed E-state index contributed by atoms with van der Waals surface area (Å²) in [4.78, 5) is 0. The highest BCUT2D eigenvalue weighted by atomic mass is 14.9. The van der Waals surface area contributed by atoms with Gasteiger partial charge in [-0.25, -0.2) is 0 Å². The van der Waals surface area contributed by atoms with E-state index in [0.29, 0.717) is 0 Å². The molecule has 0 bridgehead atoms. The Morgan fingerprint density at radius 3 is 2.11 bits per heavy atom. The van der Waals surface area contributed by atoms with Crippen LogP contribution >= 0.6 is 0 Å². The van der Waals surface area contributed by atoms with E-state index in [1.807, 2.05) is 0 Å². The number of hydrogen-bond donors (Lipinski definition) is 1. The Kier molecular flexibility index (Phi) is 9.59. The van der Waals surface area contributed by atoms with Gasteiger partial charge < -0.3 is 5.32 Å². The van der Waals surface area contributed by atoms with E-state index in [1.54, 1.807) is 0 Å². The normalized spacial score (nSPS) is 18.5. The van der Waals surface area contributed by atoms with Gasteiger partial charge in [0.2, 0.25) is 0 Å². The molecule has 1 rings (SSSR count). The first kappa shape index (κ1) is 17.0. The molecule has 1 aliphatic carbocycles. The maximum atomic E-state index is 3.80. The summed E-state index contributed by atoms with van der Waals surface area (Å²) < 4.78 is 0. The Labute approximate surface area is 121 Å². The fourth-order valence-corrected chi connectivity index (χ4v) is 3.15. The molecule has 2 unspecified atom stereocenters. The fourth-order valence-electron chi connectivity index (χ4n) is 3.15. The average molecular weight is 268 g/mol. The minimum atomic E-state index is 0.795. The van der Waals surface area contributed by atoms with Crippen molar-refractivity contribution in [2.45, 2.75) is 97.4 Å². The molecule has 0 spiro atoms. The number of unbranched alkanes of at least 4 members (excludes halogenated alkanes) is 6. The smallest absolute Gasteiger partial charge is 0.00953 e. The second-order valence-corrected chi connectivity index (χ2v) is 6.67. The molecule has 1 heteroatoms. The van der Waals surface area contributed by atoms with Crippen LogP contribution in [0, 0.1) is 11.8 Å². The van der Waals surface area contributed by atoms with Gasteiger partial charge in [0.05, 0.1) is 0 Å². The molecule has 0 aromatic carbocycles. The van der Waals surface area contributed by atoms with E-state index in [9.17, 15) is 0 Å². The zero-order valence-corrected chi connectivity index (χ0v) is 13.7. The van der Waals surface area contributed by atoms with E-state index in [1.165, 1.54) is 77.2 Å². The molecular formula is C18H37N. The van der Waals surface area contributed by atoms with Crippen LogP contribution in [0.2, 0.25) is 0 Å². The van der Waals surface area contributed by atoms with Crippen molar-refractivity contribution in [2.75, 3.05) is 6.54 Å². The lowest BCUT2D eigenvalue weighted by molar-refractivity contribution is 0.316. The van der Waals surface area contributed by atoms with Crippen molar-refractivity contribution >= 4 is 0 Å². The Balaban J connectivity index is 2.06. The molecular weight excluding hydrogens is 230 g/mol. The lowest BCUT2D eigenvalue weighted by Gasteiger charge is -2.25. The minimum Gasteiger partial charge on any atom is -0.314 e. The van der Waals surface area contributed by atoms with Crippen molar-refractivity contribution in [3.05, 3.63) is 0 Å². The third-order valence-corrected chi connectivity index (χ3v) is 4.78. The minimum absolute atomic E-state index is 0.795. The van der Waals surface area contributed by atoms with Gasteiger partial charge >= 0.3 is 0 Å². The molecule has 0 radical (unpaired) electrons. The SMILES string of the molecule is CCCCCCCCCC(NCCC)C(C)C1CC1. The Morgan fingerprint density at radius 2 is 1.53 bits per heavy atom. The summed E-state index contributed by atoms with van der Waals surface area (Å²) in [6.45, 7) is 8.26. The maximum absolute atomic E-state index is 3.80. The van der Waals surface area contributed by atoms with E-state index in [0.717, 1.165) is 17.9 Å². The van der Waals surface area contributed by atoms with Gasteiger partial charge in [-0.2, -0.15) is 0 Å². The second kappa shape index (κ2) is 10.7. The summed E-state index contributed by atoms with van der Waals surface area (Å²) in [6.07, 6.45) is 15.7. The van der Waals surface area contributed by atoms with Crippen LogP contribution in [0.3, 0.4) is 0 Å². The van der Waals surface area contributed by atoms with Crippen LogP contribution in [0.1, 0.15) is 91.4 Å². The molecule has 0 aliphatic heterocycles. The predicted octanol–water partition coefficient (Wildman–Crippen LogP) is 5.54. The molecule has 114 valence electrons. The van der Waals surface area contributed by atoms with Gasteiger partial charge in [-0.3, -0.25) is 0 Å². The third-order valence-electron chi connectivity index (χ3n) is 4.78. The molecule has 0 aromatic rings. The van der Waals surface area contributed by atoms with Crippen LogP contribution in [0.4, 0.5) is 0 Å². The highest BCUT2D eigenvalue weighted by Crippen LogP contribution is 2.39.